The third-order valence-corrected chi connectivity index (χ3v) is 3.00. The van der Waals surface area contributed by atoms with E-state index >= 15 is 0 Å². The van der Waals surface area contributed by atoms with Crippen LogP contribution in [0, 0.1) is 0 Å². The van der Waals surface area contributed by atoms with E-state index in [-0.39, 0.29) is 19.3 Å². The molecule has 0 radical (unpaired) electrons. The van der Waals surface area contributed by atoms with E-state index in [1.54, 1.807) is 24.5 Å². The third kappa shape index (κ3) is 5.88. The number of ether oxygens (including phenoxy) is 1. The van der Waals surface area contributed by atoms with Crippen LogP contribution in [0.25, 0.3) is 0 Å². The van der Waals surface area contributed by atoms with Crippen molar-refractivity contribution in [2.75, 3.05) is 7.11 Å². The van der Waals surface area contributed by atoms with Crippen molar-refractivity contribution in [2.24, 2.45) is 11.5 Å². The van der Waals surface area contributed by atoms with E-state index in [0.717, 1.165) is 5.56 Å². The van der Waals surface area contributed by atoms with Gasteiger partial charge in [-0.1, -0.05) is 6.07 Å². The minimum absolute atomic E-state index is 0.0438. The Bertz CT molecular complexity index is 521. The van der Waals surface area contributed by atoms with Crippen LogP contribution in [0.15, 0.2) is 24.5 Å². The number of nitrogens with two attached hydrogens (primary N) is 2. The summed E-state index contributed by atoms with van der Waals surface area (Å²) in [6.45, 7) is 0. The second kappa shape index (κ2) is 8.73. The highest BCUT2D eigenvalue weighted by Crippen LogP contribution is 2.03. The first kappa shape index (κ1) is 17.6. The van der Waals surface area contributed by atoms with Crippen molar-refractivity contribution in [3.8, 4) is 0 Å². The Balaban J connectivity index is 2.61. The number of hydrogen-bond donors (Lipinski definition) is 3. The fourth-order valence-corrected chi connectivity index (χ4v) is 1.82. The average Bonchev–Trinajstić information content (AvgIpc) is 2.51. The van der Waals surface area contributed by atoms with Crippen LogP contribution in [0.5, 0.6) is 0 Å². The number of aromatic nitrogens is 1. The maximum absolute atomic E-state index is 12.0. The quantitative estimate of drug-likeness (QED) is 0.520. The van der Waals surface area contributed by atoms with Crippen LogP contribution >= 0.6 is 0 Å². The molecule has 0 aliphatic rings. The fourth-order valence-electron chi connectivity index (χ4n) is 1.82. The fraction of sp³-hybridized carbons (Fsp3) is 0.429. The molecule has 0 aromatic carbocycles. The number of esters is 1. The van der Waals surface area contributed by atoms with Gasteiger partial charge in [-0.25, -0.2) is 4.79 Å². The summed E-state index contributed by atoms with van der Waals surface area (Å²) >= 11 is 0. The first-order valence-electron chi connectivity index (χ1n) is 6.75. The molecule has 1 heterocycles. The monoisotopic (exact) mass is 308 g/mol. The Morgan fingerprint density at radius 3 is 2.68 bits per heavy atom. The molecular weight excluding hydrogens is 288 g/mol. The van der Waals surface area contributed by atoms with E-state index in [0.29, 0.717) is 0 Å². The molecule has 0 saturated carbocycles. The predicted molar refractivity (Wildman–Crippen MR) is 78.3 cm³/mol. The molecule has 8 nitrogen and oxygen atoms in total. The van der Waals surface area contributed by atoms with Crippen molar-refractivity contribution in [1.29, 1.82) is 0 Å². The lowest BCUT2D eigenvalue weighted by molar-refractivity contribution is -0.145. The van der Waals surface area contributed by atoms with Gasteiger partial charge in [-0.2, -0.15) is 0 Å². The topological polar surface area (TPSA) is 137 Å². The molecule has 0 unspecified atom stereocenters. The van der Waals surface area contributed by atoms with Crippen LogP contribution in [0.3, 0.4) is 0 Å². The van der Waals surface area contributed by atoms with Crippen molar-refractivity contribution >= 4 is 17.8 Å². The standard InChI is InChI=1S/C14H20N4O4/c1-22-14(21)11(4-5-12(16)19)18-13(20)10(15)7-9-3-2-6-17-8-9/h2-3,6,8,10-11H,4-5,7,15H2,1H3,(H2,16,19)(H,18,20)/t10-,11-/m0/s1. The van der Waals surface area contributed by atoms with Gasteiger partial charge < -0.3 is 21.5 Å². The van der Waals surface area contributed by atoms with Gasteiger partial charge in [-0.15, -0.1) is 0 Å². The number of carbonyl (C=O) groups is 3. The molecule has 2 amide bonds. The first-order chi connectivity index (χ1) is 10.4. The largest absolute Gasteiger partial charge is 0.467 e. The van der Waals surface area contributed by atoms with Gasteiger partial charge in [0.1, 0.15) is 6.04 Å². The zero-order valence-electron chi connectivity index (χ0n) is 12.3. The van der Waals surface area contributed by atoms with Crippen molar-refractivity contribution in [2.45, 2.75) is 31.3 Å². The van der Waals surface area contributed by atoms with Crippen molar-refractivity contribution in [3.05, 3.63) is 30.1 Å². The number of primary amides is 1. The Kier molecular flexibility index (Phi) is 6.97. The molecule has 0 aliphatic carbocycles. The van der Waals surface area contributed by atoms with Crippen molar-refractivity contribution in [1.82, 2.24) is 10.3 Å². The molecule has 2 atom stereocenters. The summed E-state index contributed by atoms with van der Waals surface area (Å²) in [6, 6.07) is 1.74. The Labute approximate surface area is 128 Å². The van der Waals surface area contributed by atoms with Gasteiger partial charge in [-0.3, -0.25) is 14.6 Å². The van der Waals surface area contributed by atoms with Gasteiger partial charge >= 0.3 is 5.97 Å². The summed E-state index contributed by atoms with van der Waals surface area (Å²) in [5, 5.41) is 2.48. The van der Waals surface area contributed by atoms with Crippen molar-refractivity contribution < 1.29 is 19.1 Å². The Morgan fingerprint density at radius 1 is 1.41 bits per heavy atom. The zero-order chi connectivity index (χ0) is 16.5. The van der Waals surface area contributed by atoms with Gasteiger partial charge in [0.05, 0.1) is 13.2 Å². The maximum Gasteiger partial charge on any atom is 0.328 e. The lowest BCUT2D eigenvalue weighted by Gasteiger charge is -2.18. The highest BCUT2D eigenvalue weighted by Gasteiger charge is 2.24. The average molecular weight is 308 g/mol. The van der Waals surface area contributed by atoms with Crippen molar-refractivity contribution in [3.63, 3.8) is 0 Å². The predicted octanol–water partition coefficient (Wildman–Crippen LogP) is -1.13. The SMILES string of the molecule is COC(=O)[C@H](CCC(N)=O)NC(=O)[C@@H](N)Cc1cccnc1. The van der Waals surface area contributed by atoms with Crippen LogP contribution in [0.1, 0.15) is 18.4 Å². The number of nitrogens with zero attached hydrogens (tertiary/aromatic N) is 1. The molecule has 1 rings (SSSR count). The highest BCUT2D eigenvalue weighted by molar-refractivity contribution is 5.88. The summed E-state index contributed by atoms with van der Waals surface area (Å²) in [6.07, 6.45) is 3.53. The molecule has 1 aromatic heterocycles. The zero-order valence-corrected chi connectivity index (χ0v) is 12.3. The Morgan fingerprint density at radius 2 is 2.14 bits per heavy atom. The molecule has 1 aromatic rings. The van der Waals surface area contributed by atoms with Crippen LogP contribution < -0.4 is 16.8 Å². The van der Waals surface area contributed by atoms with Gasteiger partial charge in [-0.05, 0) is 24.5 Å². The molecule has 0 bridgehead atoms. The number of nitrogens with one attached hydrogen (secondary N) is 1. The summed E-state index contributed by atoms with van der Waals surface area (Å²) in [5.41, 5.74) is 11.7. The second-order valence-corrected chi connectivity index (χ2v) is 4.76. The minimum Gasteiger partial charge on any atom is -0.467 e. The van der Waals surface area contributed by atoms with Crippen LogP contribution in [0.2, 0.25) is 0 Å². The van der Waals surface area contributed by atoms with E-state index in [1.165, 1.54) is 7.11 Å². The minimum atomic E-state index is -0.954. The molecule has 0 fully saturated rings. The number of pyridine rings is 1. The summed E-state index contributed by atoms with van der Waals surface area (Å²) in [7, 11) is 1.20. The van der Waals surface area contributed by atoms with Gasteiger partial charge in [0, 0.05) is 18.8 Å². The lowest BCUT2D eigenvalue weighted by Crippen LogP contribution is -2.49. The van der Waals surface area contributed by atoms with Gasteiger partial charge in [0.15, 0.2) is 0 Å². The maximum atomic E-state index is 12.0. The van der Waals surface area contributed by atoms with E-state index < -0.39 is 29.9 Å². The molecule has 5 N–H and O–H groups in total. The van der Waals surface area contributed by atoms with E-state index in [4.69, 9.17) is 11.5 Å². The van der Waals surface area contributed by atoms with Crippen LogP contribution in [-0.4, -0.2) is 42.0 Å². The van der Waals surface area contributed by atoms with Crippen LogP contribution in [0.4, 0.5) is 0 Å². The molecule has 120 valence electrons. The molecule has 22 heavy (non-hydrogen) atoms. The lowest BCUT2D eigenvalue weighted by atomic mass is 10.1. The van der Waals surface area contributed by atoms with Crippen LogP contribution in [-0.2, 0) is 25.5 Å². The number of hydrogen-bond acceptors (Lipinski definition) is 6. The first-order valence-corrected chi connectivity index (χ1v) is 6.75. The summed E-state index contributed by atoms with van der Waals surface area (Å²) in [5.74, 6) is -1.73. The highest BCUT2D eigenvalue weighted by atomic mass is 16.5. The molecule has 0 saturated heterocycles. The second-order valence-electron chi connectivity index (χ2n) is 4.76. The van der Waals surface area contributed by atoms with Gasteiger partial charge in [0.25, 0.3) is 0 Å². The summed E-state index contributed by atoms with van der Waals surface area (Å²) < 4.78 is 4.59. The number of methoxy groups -OCH3 is 1. The molecule has 0 aliphatic heterocycles. The molecule has 0 spiro atoms. The van der Waals surface area contributed by atoms with Gasteiger partial charge in [0.2, 0.25) is 11.8 Å². The third-order valence-electron chi connectivity index (χ3n) is 3.00. The van der Waals surface area contributed by atoms with E-state index in [1.807, 2.05) is 0 Å². The normalized spacial score (nSPS) is 13.0. The smallest absolute Gasteiger partial charge is 0.328 e. The molecule has 8 heteroatoms. The Hall–Kier alpha value is -2.48. The summed E-state index contributed by atoms with van der Waals surface area (Å²) in [4.78, 5) is 38.4. The molecular formula is C14H20N4O4. The van der Waals surface area contributed by atoms with E-state index in [2.05, 4.69) is 15.0 Å². The van der Waals surface area contributed by atoms with E-state index in [9.17, 15) is 14.4 Å². The number of carbonyl (C=O) groups excluding carboxylic acids is 3. The number of amides is 2. The number of rotatable bonds is 8.